The first-order chi connectivity index (χ1) is 12.6. The lowest BCUT2D eigenvalue weighted by molar-refractivity contribution is -0.137. The van der Waals surface area contributed by atoms with Crippen LogP contribution in [0.1, 0.15) is 34.8 Å². The Morgan fingerprint density at radius 2 is 1.85 bits per heavy atom. The van der Waals surface area contributed by atoms with Crippen LogP contribution in [0.3, 0.4) is 0 Å². The first-order valence-electron chi connectivity index (χ1n) is 7.77. The van der Waals surface area contributed by atoms with Crippen molar-refractivity contribution in [1.29, 1.82) is 0 Å². The normalized spacial score (nSPS) is 11.1. The highest BCUT2D eigenvalue weighted by Crippen LogP contribution is 2.32. The van der Waals surface area contributed by atoms with Gasteiger partial charge in [-0.15, -0.1) is 0 Å². The molecule has 0 fully saturated rings. The molecule has 0 aliphatic rings. The van der Waals surface area contributed by atoms with Crippen LogP contribution in [0.15, 0.2) is 36.4 Å². The Kier molecular flexibility index (Phi) is 6.04. The molecule has 0 unspecified atom stereocenters. The molecule has 0 bridgehead atoms. The molecule has 0 saturated carbocycles. The number of aromatic carboxylic acids is 1. The molecule has 2 aromatic rings. The predicted molar refractivity (Wildman–Crippen MR) is 88.1 cm³/mol. The van der Waals surface area contributed by atoms with Crippen LogP contribution >= 0.6 is 0 Å². The van der Waals surface area contributed by atoms with E-state index in [2.05, 4.69) is 5.32 Å². The minimum atomic E-state index is -4.67. The number of hydrogen-bond donors (Lipinski definition) is 2. The molecule has 0 saturated heterocycles. The molecule has 144 valence electrons. The summed E-state index contributed by atoms with van der Waals surface area (Å²) < 4.78 is 56.5. The summed E-state index contributed by atoms with van der Waals surface area (Å²) in [5, 5.41) is 11.7. The van der Waals surface area contributed by atoms with Gasteiger partial charge in [0.1, 0.15) is 6.61 Å². The number of amides is 1. The zero-order valence-corrected chi connectivity index (χ0v) is 14.1. The number of nitrogens with one attached hydrogen (secondary N) is 1. The summed E-state index contributed by atoms with van der Waals surface area (Å²) in [6, 6.07) is 5.91. The number of rotatable bonds is 6. The molecule has 0 aromatic heterocycles. The van der Waals surface area contributed by atoms with Crippen molar-refractivity contribution < 1.29 is 37.0 Å². The van der Waals surface area contributed by atoms with E-state index in [0.717, 1.165) is 6.07 Å². The van der Waals surface area contributed by atoms with E-state index in [1.165, 1.54) is 18.2 Å². The number of carbonyl (C=O) groups excluding carboxylic acids is 1. The second kappa shape index (κ2) is 8.07. The number of carboxylic acid groups (broad SMARTS) is 1. The van der Waals surface area contributed by atoms with Gasteiger partial charge in [-0.2, -0.15) is 13.2 Å². The third-order valence-corrected chi connectivity index (χ3v) is 3.56. The Morgan fingerprint density at radius 3 is 2.41 bits per heavy atom. The van der Waals surface area contributed by atoms with Gasteiger partial charge in [-0.05, 0) is 35.9 Å². The lowest BCUT2D eigenvalue weighted by atomic mass is 10.1. The molecule has 9 heteroatoms. The molecule has 0 aliphatic carbocycles. The van der Waals surface area contributed by atoms with Gasteiger partial charge in [0.25, 0.3) is 0 Å². The summed E-state index contributed by atoms with van der Waals surface area (Å²) in [5.41, 5.74) is -0.901. The van der Waals surface area contributed by atoms with Crippen molar-refractivity contribution in [2.75, 3.05) is 5.32 Å². The van der Waals surface area contributed by atoms with Crippen LogP contribution in [0.4, 0.5) is 23.2 Å². The number of ether oxygens (including phenoxy) is 1. The standard InChI is InChI=1S/C18H15F4NO4/c1-2-16(24)23-14-5-3-10(7-12(14)17(25)26)9-27-15-6-4-11(8-13(15)19)18(20,21)22/h3-8H,2,9H2,1H3,(H,23,24)(H,25,26). The fourth-order valence-corrected chi connectivity index (χ4v) is 2.16. The smallest absolute Gasteiger partial charge is 0.416 e. The van der Waals surface area contributed by atoms with Crippen LogP contribution in [0, 0.1) is 5.82 Å². The van der Waals surface area contributed by atoms with Crippen LogP contribution < -0.4 is 10.1 Å². The molecule has 2 aromatic carbocycles. The Morgan fingerprint density at radius 1 is 1.15 bits per heavy atom. The van der Waals surface area contributed by atoms with E-state index >= 15 is 0 Å². The highest BCUT2D eigenvalue weighted by Gasteiger charge is 2.31. The largest absolute Gasteiger partial charge is 0.486 e. The molecule has 27 heavy (non-hydrogen) atoms. The van der Waals surface area contributed by atoms with Gasteiger partial charge >= 0.3 is 12.1 Å². The van der Waals surface area contributed by atoms with Gasteiger partial charge in [0.2, 0.25) is 5.91 Å². The summed E-state index contributed by atoms with van der Waals surface area (Å²) >= 11 is 0. The van der Waals surface area contributed by atoms with Crippen molar-refractivity contribution in [3.05, 3.63) is 58.9 Å². The Bertz CT molecular complexity index is 865. The highest BCUT2D eigenvalue weighted by molar-refractivity contribution is 6.00. The molecular weight excluding hydrogens is 370 g/mol. The Labute approximate surface area is 151 Å². The number of halogens is 4. The van der Waals surface area contributed by atoms with Gasteiger partial charge in [-0.3, -0.25) is 4.79 Å². The van der Waals surface area contributed by atoms with Crippen LogP contribution in [0.2, 0.25) is 0 Å². The van der Waals surface area contributed by atoms with E-state index in [-0.39, 0.29) is 30.2 Å². The van der Waals surface area contributed by atoms with Crippen molar-refractivity contribution in [2.45, 2.75) is 26.1 Å². The minimum Gasteiger partial charge on any atom is -0.486 e. The van der Waals surface area contributed by atoms with Gasteiger partial charge in [0.15, 0.2) is 11.6 Å². The molecular formula is C18H15F4NO4. The molecule has 0 spiro atoms. The second-order valence-corrected chi connectivity index (χ2v) is 5.52. The summed E-state index contributed by atoms with van der Waals surface area (Å²) in [7, 11) is 0. The van der Waals surface area contributed by atoms with Crippen LogP contribution in [0.25, 0.3) is 0 Å². The fourth-order valence-electron chi connectivity index (χ4n) is 2.16. The van der Waals surface area contributed by atoms with Crippen molar-refractivity contribution in [3.63, 3.8) is 0 Å². The predicted octanol–water partition coefficient (Wildman–Crippen LogP) is 4.47. The van der Waals surface area contributed by atoms with E-state index < -0.39 is 29.3 Å². The Balaban J connectivity index is 2.17. The second-order valence-electron chi connectivity index (χ2n) is 5.52. The van der Waals surface area contributed by atoms with Crippen molar-refractivity contribution in [2.24, 2.45) is 0 Å². The monoisotopic (exact) mass is 385 g/mol. The number of carbonyl (C=O) groups is 2. The zero-order valence-electron chi connectivity index (χ0n) is 14.1. The van der Waals surface area contributed by atoms with Crippen LogP contribution in [0.5, 0.6) is 5.75 Å². The first kappa shape index (κ1) is 20.2. The first-order valence-corrected chi connectivity index (χ1v) is 7.77. The average molecular weight is 385 g/mol. The molecule has 2 N–H and O–H groups in total. The van der Waals surface area contributed by atoms with Crippen molar-refractivity contribution >= 4 is 17.6 Å². The number of anilines is 1. The summed E-state index contributed by atoms with van der Waals surface area (Å²) in [6.07, 6.45) is -4.51. The van der Waals surface area contributed by atoms with Gasteiger partial charge in [0.05, 0.1) is 16.8 Å². The van der Waals surface area contributed by atoms with E-state index in [4.69, 9.17) is 4.74 Å². The molecule has 0 aliphatic heterocycles. The topological polar surface area (TPSA) is 75.6 Å². The number of benzene rings is 2. The van der Waals surface area contributed by atoms with E-state index in [1.54, 1.807) is 6.92 Å². The molecule has 2 rings (SSSR count). The maximum atomic E-state index is 13.8. The zero-order chi connectivity index (χ0) is 20.2. The number of carboxylic acids is 1. The average Bonchev–Trinajstić information content (AvgIpc) is 2.60. The van der Waals surface area contributed by atoms with E-state index in [0.29, 0.717) is 17.7 Å². The number of alkyl halides is 3. The number of hydrogen-bond acceptors (Lipinski definition) is 3. The maximum absolute atomic E-state index is 13.8. The van der Waals surface area contributed by atoms with Crippen molar-refractivity contribution in [1.82, 2.24) is 0 Å². The molecule has 0 atom stereocenters. The summed E-state index contributed by atoms with van der Waals surface area (Å²) in [6.45, 7) is 1.33. The molecule has 1 amide bonds. The third-order valence-electron chi connectivity index (χ3n) is 3.56. The SMILES string of the molecule is CCC(=O)Nc1ccc(COc2ccc(C(F)(F)F)cc2F)cc1C(=O)O. The van der Waals surface area contributed by atoms with Gasteiger partial charge in [-0.1, -0.05) is 13.0 Å². The summed E-state index contributed by atoms with van der Waals surface area (Å²) in [4.78, 5) is 22.8. The molecule has 0 heterocycles. The lowest BCUT2D eigenvalue weighted by Crippen LogP contribution is -2.13. The van der Waals surface area contributed by atoms with Crippen molar-refractivity contribution in [3.8, 4) is 5.75 Å². The third kappa shape index (κ3) is 5.19. The van der Waals surface area contributed by atoms with Gasteiger partial charge < -0.3 is 15.2 Å². The van der Waals surface area contributed by atoms with Crippen LogP contribution in [-0.2, 0) is 17.6 Å². The lowest BCUT2D eigenvalue weighted by Gasteiger charge is -2.12. The molecule has 0 radical (unpaired) electrons. The maximum Gasteiger partial charge on any atom is 0.416 e. The van der Waals surface area contributed by atoms with E-state index in [1.807, 2.05) is 0 Å². The minimum absolute atomic E-state index is 0.0961. The van der Waals surface area contributed by atoms with Gasteiger partial charge in [0, 0.05) is 6.42 Å². The fraction of sp³-hybridized carbons (Fsp3) is 0.222. The highest BCUT2D eigenvalue weighted by atomic mass is 19.4. The quantitative estimate of drug-likeness (QED) is 0.720. The Hall–Kier alpha value is -3.10. The molecule has 5 nitrogen and oxygen atoms in total. The summed E-state index contributed by atoms with van der Waals surface area (Å²) in [5.74, 6) is -3.24. The van der Waals surface area contributed by atoms with E-state index in [9.17, 15) is 32.3 Å². The van der Waals surface area contributed by atoms with Crippen LogP contribution in [-0.4, -0.2) is 17.0 Å². The van der Waals surface area contributed by atoms with Gasteiger partial charge in [-0.25, -0.2) is 9.18 Å².